The summed E-state index contributed by atoms with van der Waals surface area (Å²) < 4.78 is 0. The molecule has 0 radical (unpaired) electrons. The molecule has 0 fully saturated rings. The van der Waals surface area contributed by atoms with E-state index in [9.17, 15) is 0 Å². The molecule has 3 aliphatic carbocycles. The van der Waals surface area contributed by atoms with Gasteiger partial charge in [0.15, 0.2) is 0 Å². The van der Waals surface area contributed by atoms with Gasteiger partial charge in [0.05, 0.1) is 0 Å². The van der Waals surface area contributed by atoms with Crippen LogP contribution in [0.25, 0.3) is 263 Å². The first-order valence-electron chi connectivity index (χ1n) is 51.8. The third kappa shape index (κ3) is 13.9. The van der Waals surface area contributed by atoms with Gasteiger partial charge in [0, 0.05) is 16.2 Å². The van der Waals surface area contributed by atoms with Gasteiger partial charge in [-0.2, -0.15) is 0 Å². The Hall–Kier alpha value is -17.9. The second kappa shape index (κ2) is 34.1. The highest BCUT2D eigenvalue weighted by Crippen LogP contribution is 2.58. The van der Waals surface area contributed by atoms with Crippen LogP contribution in [0.5, 0.6) is 0 Å². The molecule has 30 rings (SSSR count). The average molecular weight is 1870 g/mol. The Balaban J connectivity index is 0.000000107. The fourth-order valence-electron chi connectivity index (χ4n) is 26.1. The molecule has 0 heteroatoms. The zero-order valence-corrected chi connectivity index (χ0v) is 83.0. The molecule has 3 aliphatic rings. The van der Waals surface area contributed by atoms with Crippen LogP contribution in [0.3, 0.4) is 0 Å². The van der Waals surface area contributed by atoms with Crippen molar-refractivity contribution in [2.45, 2.75) is 57.8 Å². The normalized spacial score (nSPS) is 13.3. The van der Waals surface area contributed by atoms with Crippen LogP contribution in [-0.4, -0.2) is 0 Å². The van der Waals surface area contributed by atoms with Crippen molar-refractivity contribution in [1.29, 1.82) is 0 Å². The Bertz CT molecular complexity index is 10200. The topological polar surface area (TPSA) is 0 Å². The maximum atomic E-state index is 2.49. The van der Waals surface area contributed by atoms with Crippen molar-refractivity contribution >= 4 is 129 Å². The molecule has 0 spiro atoms. The lowest BCUT2D eigenvalue weighted by Gasteiger charge is -2.23. The standard InChI is InChI=1S/C53H36.C49H34.C45H32/c1-53(2)49-25-12-11-21-42(49)43-28-27-36(32-50(43)53)51-44-22-9-10-23-45(44)52(47-30-34-15-4-6-18-39(34)40-19-7-8-20-41(40)47)46-29-26-35(31-48(46)51)38-24-13-16-33-14-3-5-17-37(33)38;1-49(2)45-21-10-9-17-39(45)40-26-25-36(30-46(40)49)48-42-19-8-7-18-41(42)47(35-23-22-31-12-3-4-14-33(31)28-35)43-27-24-34(29-44(43)48)38-20-11-15-32-13-5-6-16-37(32)38;1-45(2)41-22-11-10-18-35(41)36-25-24-32(28-42(36)45)44-38-20-9-8-19-37(38)43(30-14-4-3-5-15-30)39-26-23-31(27-40(39)44)34-21-12-16-29-13-6-7-17-33(29)34/h3-32H,1-2H3;3-30H,1-2H3;3-28H,1-2H3. The van der Waals surface area contributed by atoms with Gasteiger partial charge in [-0.25, -0.2) is 0 Å². The van der Waals surface area contributed by atoms with Gasteiger partial charge in [-0.05, 0) is 345 Å². The van der Waals surface area contributed by atoms with Gasteiger partial charge >= 0.3 is 0 Å². The van der Waals surface area contributed by atoms with E-state index in [0.717, 1.165) is 0 Å². The molecule has 0 saturated heterocycles. The van der Waals surface area contributed by atoms with E-state index in [4.69, 9.17) is 0 Å². The lowest BCUT2D eigenvalue weighted by molar-refractivity contribution is 0.660. The molecular formula is C147H102. The zero-order valence-electron chi connectivity index (χ0n) is 83.0. The summed E-state index contributed by atoms with van der Waals surface area (Å²) in [7, 11) is 0. The summed E-state index contributed by atoms with van der Waals surface area (Å²) in [4.78, 5) is 0. The molecule has 0 saturated carbocycles. The van der Waals surface area contributed by atoms with Crippen LogP contribution in [-0.2, 0) is 16.2 Å². The van der Waals surface area contributed by atoms with Crippen LogP contribution in [0, 0.1) is 0 Å². The van der Waals surface area contributed by atoms with Crippen molar-refractivity contribution in [3.63, 3.8) is 0 Å². The molecule has 0 unspecified atom stereocenters. The van der Waals surface area contributed by atoms with E-state index < -0.39 is 0 Å². The van der Waals surface area contributed by atoms with Gasteiger partial charge in [-0.1, -0.05) is 503 Å². The highest BCUT2D eigenvalue weighted by molar-refractivity contribution is 6.29. The fraction of sp³-hybridized carbons (Fsp3) is 0.0612. The SMILES string of the molecule is CC1(C)c2ccccc2-c2ccc(-c3c4ccccc4c(-c4cc5ccccc5c5ccccc45)c4ccc(-c5cccc6ccccc56)cc34)cc21.CC1(C)c2ccccc2-c2ccc(-c3c4ccccc4c(-c4ccc5ccccc5c4)c4ccc(-c5cccc6ccccc56)cc34)cc21.CC1(C)c2ccccc2-c2ccc(-c3c4ccccc4c(-c4ccccc4)c4ccc(-c5cccc6ccccc56)cc34)cc21. The van der Waals surface area contributed by atoms with Crippen molar-refractivity contribution in [2.75, 3.05) is 0 Å². The first kappa shape index (κ1) is 86.9. The molecule has 0 amide bonds. The molecule has 0 aromatic heterocycles. The summed E-state index contributed by atoms with van der Waals surface area (Å²) in [5.41, 5.74) is 39.1. The molecule has 0 heterocycles. The number of hydrogen-bond acceptors (Lipinski definition) is 0. The predicted octanol–water partition coefficient (Wildman–Crippen LogP) is 40.8. The highest BCUT2D eigenvalue weighted by Gasteiger charge is 2.40. The van der Waals surface area contributed by atoms with Crippen molar-refractivity contribution in [1.82, 2.24) is 0 Å². The van der Waals surface area contributed by atoms with E-state index in [-0.39, 0.29) is 16.2 Å². The average Bonchev–Trinajstić information content (AvgIpc) is 1.69. The third-order valence-electron chi connectivity index (χ3n) is 33.1. The smallest absolute Gasteiger partial charge is 0.0159 e. The van der Waals surface area contributed by atoms with Crippen LogP contribution >= 0.6 is 0 Å². The largest absolute Gasteiger partial charge is 0.0622 e. The second-order valence-corrected chi connectivity index (χ2v) is 42.2. The fourth-order valence-corrected chi connectivity index (χ4v) is 26.1. The maximum Gasteiger partial charge on any atom is 0.0159 e. The van der Waals surface area contributed by atoms with Gasteiger partial charge in [0.25, 0.3) is 0 Å². The molecule has 0 bridgehead atoms. The number of benzene rings is 27. The summed E-state index contributed by atoms with van der Waals surface area (Å²) in [5.74, 6) is 0. The number of fused-ring (bicyclic) bond motifs is 22. The van der Waals surface area contributed by atoms with E-state index in [1.165, 1.54) is 296 Å². The molecule has 27 aromatic carbocycles. The summed E-state index contributed by atoms with van der Waals surface area (Å²) in [5, 5.41) is 30.6. The number of rotatable bonds is 9. The molecule has 0 nitrogen and oxygen atoms in total. The monoisotopic (exact) mass is 1870 g/mol. The van der Waals surface area contributed by atoms with E-state index >= 15 is 0 Å². The second-order valence-electron chi connectivity index (χ2n) is 42.2. The summed E-state index contributed by atoms with van der Waals surface area (Å²) in [6.45, 7) is 14.2. The summed E-state index contributed by atoms with van der Waals surface area (Å²) in [6, 6.07) is 190. The highest BCUT2D eigenvalue weighted by atomic mass is 14.4. The van der Waals surface area contributed by atoms with Gasteiger partial charge in [-0.15, -0.1) is 0 Å². The molecule has 0 N–H and O–H groups in total. The van der Waals surface area contributed by atoms with E-state index in [1.807, 2.05) is 0 Å². The Morgan fingerprint density at radius 1 is 0.102 bits per heavy atom. The van der Waals surface area contributed by atoms with Crippen molar-refractivity contribution in [3.8, 4) is 134 Å². The van der Waals surface area contributed by atoms with E-state index in [2.05, 4.69) is 551 Å². The first-order chi connectivity index (χ1) is 72.2. The van der Waals surface area contributed by atoms with Gasteiger partial charge in [0.2, 0.25) is 0 Å². The van der Waals surface area contributed by atoms with E-state index in [1.54, 1.807) is 0 Å². The predicted molar refractivity (Wildman–Crippen MR) is 631 cm³/mol. The van der Waals surface area contributed by atoms with Crippen LogP contribution < -0.4 is 0 Å². The van der Waals surface area contributed by atoms with Crippen LogP contribution in [0.15, 0.2) is 510 Å². The zero-order chi connectivity index (χ0) is 98.1. The third-order valence-corrected chi connectivity index (χ3v) is 33.1. The first-order valence-corrected chi connectivity index (χ1v) is 51.8. The Labute approximate surface area is 857 Å². The Morgan fingerprint density at radius 2 is 0.354 bits per heavy atom. The Kier molecular flexibility index (Phi) is 20.2. The van der Waals surface area contributed by atoms with Crippen LogP contribution in [0.1, 0.15) is 74.9 Å². The van der Waals surface area contributed by atoms with Gasteiger partial charge in [0.1, 0.15) is 0 Å². The van der Waals surface area contributed by atoms with Gasteiger partial charge < -0.3 is 0 Å². The quantitative estimate of drug-likeness (QED) is 0.0998. The lowest BCUT2D eigenvalue weighted by Crippen LogP contribution is -2.14. The molecule has 0 atom stereocenters. The van der Waals surface area contributed by atoms with Crippen molar-refractivity contribution in [3.05, 3.63) is 543 Å². The van der Waals surface area contributed by atoms with Gasteiger partial charge in [-0.3, -0.25) is 0 Å². The van der Waals surface area contributed by atoms with Crippen molar-refractivity contribution < 1.29 is 0 Å². The maximum absolute atomic E-state index is 2.49. The summed E-state index contributed by atoms with van der Waals surface area (Å²) in [6.07, 6.45) is 0. The van der Waals surface area contributed by atoms with Crippen molar-refractivity contribution in [2.24, 2.45) is 0 Å². The molecule has 0 aliphatic heterocycles. The van der Waals surface area contributed by atoms with E-state index in [0.29, 0.717) is 0 Å². The summed E-state index contributed by atoms with van der Waals surface area (Å²) >= 11 is 0. The molecular weight excluding hydrogens is 1770 g/mol. The van der Waals surface area contributed by atoms with Crippen LogP contribution in [0.4, 0.5) is 0 Å². The molecule has 690 valence electrons. The lowest BCUT2D eigenvalue weighted by atomic mass is 9.80. The molecule has 27 aromatic rings. The van der Waals surface area contributed by atoms with Crippen LogP contribution in [0.2, 0.25) is 0 Å². The minimum atomic E-state index is -0.0917. The minimum absolute atomic E-state index is 0.0639. The Morgan fingerprint density at radius 3 is 0.755 bits per heavy atom. The number of hydrogen-bond donors (Lipinski definition) is 0. The minimum Gasteiger partial charge on any atom is -0.0622 e. The molecule has 147 heavy (non-hydrogen) atoms.